The number of furan rings is 1. The maximum atomic E-state index is 12.9. The highest BCUT2D eigenvalue weighted by molar-refractivity contribution is 7.92. The number of rotatable bonds is 9. The summed E-state index contributed by atoms with van der Waals surface area (Å²) in [6.45, 7) is 1.70. The summed E-state index contributed by atoms with van der Waals surface area (Å²) < 4.78 is 38.5. The van der Waals surface area contributed by atoms with Crippen molar-refractivity contribution in [3.8, 4) is 5.75 Å². The van der Waals surface area contributed by atoms with Gasteiger partial charge in [-0.3, -0.25) is 14.3 Å². The van der Waals surface area contributed by atoms with Crippen LogP contribution < -0.4 is 20.1 Å². The van der Waals surface area contributed by atoms with E-state index in [9.17, 15) is 18.0 Å². The van der Waals surface area contributed by atoms with Gasteiger partial charge in [0.05, 0.1) is 30.5 Å². The number of amides is 2. The summed E-state index contributed by atoms with van der Waals surface area (Å²) in [6, 6.07) is 12.5. The number of hydrogen-bond donors (Lipinski definition) is 3. The fraction of sp³-hybridized carbons (Fsp3) is 0.182. The van der Waals surface area contributed by atoms with Crippen LogP contribution in [0.1, 0.15) is 23.0 Å². The van der Waals surface area contributed by atoms with Crippen molar-refractivity contribution in [1.82, 2.24) is 10.6 Å². The number of halogens is 1. The van der Waals surface area contributed by atoms with Crippen molar-refractivity contribution < 1.29 is 27.2 Å². The normalized spacial score (nSPS) is 12.0. The summed E-state index contributed by atoms with van der Waals surface area (Å²) in [6.07, 6.45) is 1.49. The Labute approximate surface area is 196 Å². The van der Waals surface area contributed by atoms with E-state index in [1.165, 1.54) is 56.7 Å². The molecule has 0 saturated carbocycles. The van der Waals surface area contributed by atoms with E-state index in [0.29, 0.717) is 10.8 Å². The largest absolute Gasteiger partial charge is 0.495 e. The SMILES string of the molecule is COc1ccc(Cl)cc1NS(=O)(=O)c1cccc(C(=O)NC(C)C(=O)NCc2ccco2)c1. The lowest BCUT2D eigenvalue weighted by molar-refractivity contribution is -0.122. The van der Waals surface area contributed by atoms with E-state index in [4.69, 9.17) is 20.8 Å². The molecule has 2 amide bonds. The van der Waals surface area contributed by atoms with Gasteiger partial charge in [0.1, 0.15) is 17.6 Å². The van der Waals surface area contributed by atoms with Crippen LogP contribution in [0.5, 0.6) is 5.75 Å². The third-order valence-electron chi connectivity index (χ3n) is 4.57. The molecule has 2 aromatic carbocycles. The van der Waals surface area contributed by atoms with Crippen LogP contribution in [0.25, 0.3) is 0 Å². The highest BCUT2D eigenvalue weighted by atomic mass is 35.5. The van der Waals surface area contributed by atoms with Crippen LogP contribution in [0.3, 0.4) is 0 Å². The molecular formula is C22H22ClN3O6S. The van der Waals surface area contributed by atoms with Crippen LogP contribution in [0, 0.1) is 0 Å². The average Bonchev–Trinajstić information content (AvgIpc) is 3.31. The lowest BCUT2D eigenvalue weighted by atomic mass is 10.2. The van der Waals surface area contributed by atoms with Crippen molar-refractivity contribution in [3.63, 3.8) is 0 Å². The Bertz CT molecular complexity index is 1240. The molecule has 33 heavy (non-hydrogen) atoms. The minimum Gasteiger partial charge on any atom is -0.495 e. The Morgan fingerprint density at radius 3 is 2.61 bits per heavy atom. The summed E-state index contributed by atoms with van der Waals surface area (Å²) >= 11 is 5.96. The fourth-order valence-corrected chi connectivity index (χ4v) is 4.13. The molecule has 3 aromatic rings. The molecule has 0 aliphatic heterocycles. The monoisotopic (exact) mass is 491 g/mol. The smallest absolute Gasteiger partial charge is 0.262 e. The molecule has 174 valence electrons. The molecule has 0 spiro atoms. The zero-order chi connectivity index (χ0) is 24.0. The van der Waals surface area contributed by atoms with E-state index in [0.717, 1.165) is 0 Å². The zero-order valence-electron chi connectivity index (χ0n) is 17.8. The van der Waals surface area contributed by atoms with Crippen molar-refractivity contribution in [3.05, 3.63) is 77.2 Å². The van der Waals surface area contributed by atoms with Crippen molar-refractivity contribution in [2.75, 3.05) is 11.8 Å². The maximum Gasteiger partial charge on any atom is 0.262 e. The molecule has 0 aliphatic rings. The van der Waals surface area contributed by atoms with Gasteiger partial charge < -0.3 is 19.8 Å². The topological polar surface area (TPSA) is 127 Å². The van der Waals surface area contributed by atoms with Gasteiger partial charge in [0, 0.05) is 10.6 Å². The molecule has 0 aliphatic carbocycles. The minimum atomic E-state index is -4.06. The average molecular weight is 492 g/mol. The first-order valence-corrected chi connectivity index (χ1v) is 11.6. The van der Waals surface area contributed by atoms with Gasteiger partial charge in [0.15, 0.2) is 0 Å². The van der Waals surface area contributed by atoms with Gasteiger partial charge >= 0.3 is 0 Å². The number of hydrogen-bond acceptors (Lipinski definition) is 6. The molecule has 11 heteroatoms. The molecule has 1 heterocycles. The van der Waals surface area contributed by atoms with Gasteiger partial charge in [0.2, 0.25) is 5.91 Å². The number of methoxy groups -OCH3 is 1. The molecular weight excluding hydrogens is 470 g/mol. The van der Waals surface area contributed by atoms with Gasteiger partial charge in [-0.25, -0.2) is 8.42 Å². The lowest BCUT2D eigenvalue weighted by Gasteiger charge is -2.15. The summed E-state index contributed by atoms with van der Waals surface area (Å²) in [5, 5.41) is 5.51. The third-order valence-corrected chi connectivity index (χ3v) is 6.17. The summed E-state index contributed by atoms with van der Waals surface area (Å²) in [7, 11) is -2.65. The summed E-state index contributed by atoms with van der Waals surface area (Å²) in [5.41, 5.74) is 0.225. The standard InChI is InChI=1S/C22H22ClN3O6S/c1-14(21(27)24-13-17-6-4-10-32-17)25-22(28)15-5-3-7-18(11-15)33(29,30)26-19-12-16(23)8-9-20(19)31-2/h3-12,14,26H,13H2,1-2H3,(H,24,27)(H,25,28). The highest BCUT2D eigenvalue weighted by Crippen LogP contribution is 2.30. The Morgan fingerprint density at radius 2 is 1.91 bits per heavy atom. The van der Waals surface area contributed by atoms with Gasteiger partial charge in [-0.1, -0.05) is 17.7 Å². The van der Waals surface area contributed by atoms with Crippen molar-refractivity contribution >= 4 is 39.1 Å². The Hall–Kier alpha value is -3.50. The predicted octanol–water partition coefficient (Wildman–Crippen LogP) is 3.18. The number of carbonyl (C=O) groups is 2. The molecule has 3 N–H and O–H groups in total. The molecule has 0 saturated heterocycles. The van der Waals surface area contributed by atoms with Crippen molar-refractivity contribution in [2.45, 2.75) is 24.4 Å². The molecule has 0 bridgehead atoms. The minimum absolute atomic E-state index is 0.0709. The first-order valence-electron chi connectivity index (χ1n) is 9.77. The van der Waals surface area contributed by atoms with Crippen LogP contribution >= 0.6 is 11.6 Å². The number of anilines is 1. The second-order valence-electron chi connectivity index (χ2n) is 6.97. The highest BCUT2D eigenvalue weighted by Gasteiger charge is 2.21. The molecule has 3 rings (SSSR count). The fourth-order valence-electron chi connectivity index (χ4n) is 2.85. The quantitative estimate of drug-likeness (QED) is 0.422. The Kier molecular flexibility index (Phi) is 7.62. The van der Waals surface area contributed by atoms with Crippen LogP contribution in [0.15, 0.2) is 70.2 Å². The van der Waals surface area contributed by atoms with E-state index in [1.807, 2.05) is 0 Å². The third kappa shape index (κ3) is 6.27. The van der Waals surface area contributed by atoms with Crippen molar-refractivity contribution in [2.24, 2.45) is 0 Å². The van der Waals surface area contributed by atoms with E-state index in [-0.39, 0.29) is 28.4 Å². The van der Waals surface area contributed by atoms with Gasteiger partial charge in [0.25, 0.3) is 15.9 Å². The molecule has 9 nitrogen and oxygen atoms in total. The van der Waals surface area contributed by atoms with Crippen LogP contribution in [-0.2, 0) is 21.4 Å². The maximum absolute atomic E-state index is 12.9. The first-order chi connectivity index (χ1) is 15.7. The number of carbonyl (C=O) groups excluding carboxylic acids is 2. The van der Waals surface area contributed by atoms with Gasteiger partial charge in [-0.05, 0) is 55.5 Å². The second kappa shape index (κ2) is 10.4. The van der Waals surface area contributed by atoms with Crippen LogP contribution in [0.2, 0.25) is 5.02 Å². The summed E-state index contributed by atoms with van der Waals surface area (Å²) in [5.74, 6) is -0.166. The molecule has 1 unspecified atom stereocenters. The van der Waals surface area contributed by atoms with Crippen LogP contribution in [0.4, 0.5) is 5.69 Å². The second-order valence-corrected chi connectivity index (χ2v) is 9.09. The molecule has 0 radical (unpaired) electrons. The van der Waals surface area contributed by atoms with Crippen LogP contribution in [-0.4, -0.2) is 33.4 Å². The van der Waals surface area contributed by atoms with E-state index < -0.39 is 27.9 Å². The number of nitrogens with one attached hydrogen (secondary N) is 3. The number of ether oxygens (including phenoxy) is 1. The van der Waals surface area contributed by atoms with E-state index in [1.54, 1.807) is 18.2 Å². The van der Waals surface area contributed by atoms with Crippen molar-refractivity contribution in [1.29, 1.82) is 0 Å². The molecule has 1 atom stereocenters. The van der Waals surface area contributed by atoms with E-state index in [2.05, 4.69) is 15.4 Å². The summed E-state index contributed by atoms with van der Waals surface area (Å²) in [4.78, 5) is 24.7. The zero-order valence-corrected chi connectivity index (χ0v) is 19.4. The predicted molar refractivity (Wildman–Crippen MR) is 123 cm³/mol. The Morgan fingerprint density at radius 1 is 1.12 bits per heavy atom. The lowest BCUT2D eigenvalue weighted by Crippen LogP contribution is -2.44. The first kappa shape index (κ1) is 24.1. The molecule has 0 fully saturated rings. The van der Waals surface area contributed by atoms with E-state index >= 15 is 0 Å². The van der Waals surface area contributed by atoms with Gasteiger partial charge in [-0.15, -0.1) is 0 Å². The number of sulfonamides is 1. The number of benzene rings is 2. The Balaban J connectivity index is 1.69. The van der Waals surface area contributed by atoms with Gasteiger partial charge in [-0.2, -0.15) is 0 Å². The molecule has 1 aromatic heterocycles.